The van der Waals surface area contributed by atoms with Crippen molar-refractivity contribution in [2.24, 2.45) is 0 Å². The van der Waals surface area contributed by atoms with Crippen LogP contribution in [0.1, 0.15) is 22.5 Å². The fourth-order valence-corrected chi connectivity index (χ4v) is 2.75. The second kappa shape index (κ2) is 5.86. The van der Waals surface area contributed by atoms with E-state index in [1.54, 1.807) is 24.2 Å². The van der Waals surface area contributed by atoms with E-state index in [1.807, 2.05) is 17.5 Å². The number of carbonyl (C=O) groups is 1. The summed E-state index contributed by atoms with van der Waals surface area (Å²) < 4.78 is 0. The van der Waals surface area contributed by atoms with Gasteiger partial charge in [-0.3, -0.25) is 4.79 Å². The molecule has 16 heavy (non-hydrogen) atoms. The molecule has 0 radical (unpaired) electrons. The Kier molecular flexibility index (Phi) is 4.18. The van der Waals surface area contributed by atoms with Crippen LogP contribution >= 0.6 is 23.1 Å². The van der Waals surface area contributed by atoms with Crippen molar-refractivity contribution < 1.29 is 4.79 Å². The smallest absolute Gasteiger partial charge is 0.172 e. The number of nitrogens with zero attached hydrogens (tertiary/aromatic N) is 1. The molecule has 0 unspecified atom stereocenters. The van der Waals surface area contributed by atoms with Crippen LogP contribution in [0.15, 0.2) is 35.1 Å². The van der Waals surface area contributed by atoms with Crippen molar-refractivity contribution in [1.82, 2.24) is 9.97 Å². The second-order valence-corrected chi connectivity index (χ2v) is 5.28. The maximum absolute atomic E-state index is 11.6. The molecule has 0 fully saturated rings. The summed E-state index contributed by atoms with van der Waals surface area (Å²) in [5, 5.41) is 2.86. The fourth-order valence-electron chi connectivity index (χ4n) is 1.29. The number of aromatic amines is 1. The van der Waals surface area contributed by atoms with E-state index in [4.69, 9.17) is 0 Å². The maximum atomic E-state index is 11.6. The van der Waals surface area contributed by atoms with Crippen molar-refractivity contribution >= 4 is 28.9 Å². The number of ketones is 1. The predicted octanol–water partition coefficient (Wildman–Crippen LogP) is 3.23. The van der Waals surface area contributed by atoms with Crippen LogP contribution < -0.4 is 0 Å². The third-order valence-corrected chi connectivity index (χ3v) is 3.96. The number of Topliss-reactive ketones (excluding diaryl/α,β-unsaturated/α-hetero) is 1. The first-order valence-electron chi connectivity index (χ1n) is 5.05. The molecule has 0 atom stereocenters. The lowest BCUT2D eigenvalue weighted by Crippen LogP contribution is -1.96. The lowest BCUT2D eigenvalue weighted by atomic mass is 10.2. The molecule has 0 bridgehead atoms. The van der Waals surface area contributed by atoms with E-state index in [2.05, 4.69) is 9.97 Å². The minimum absolute atomic E-state index is 0.245. The van der Waals surface area contributed by atoms with Crippen LogP contribution in [-0.2, 0) is 0 Å². The SMILES string of the molecule is O=C(CCCSc1ncc[nH]1)c1cccs1. The van der Waals surface area contributed by atoms with E-state index in [0.29, 0.717) is 6.42 Å². The number of thioether (sulfide) groups is 1. The first-order valence-corrected chi connectivity index (χ1v) is 6.91. The maximum Gasteiger partial charge on any atom is 0.172 e. The Bertz CT molecular complexity index is 423. The molecule has 0 aliphatic rings. The molecule has 0 aromatic carbocycles. The molecular formula is C11H12N2OS2. The van der Waals surface area contributed by atoms with Gasteiger partial charge in [-0.25, -0.2) is 4.98 Å². The highest BCUT2D eigenvalue weighted by atomic mass is 32.2. The summed E-state index contributed by atoms with van der Waals surface area (Å²) in [6, 6.07) is 3.79. The van der Waals surface area contributed by atoms with Gasteiger partial charge in [-0.1, -0.05) is 17.8 Å². The molecule has 5 heteroatoms. The molecule has 2 aromatic rings. The third-order valence-electron chi connectivity index (χ3n) is 2.06. The molecule has 2 rings (SSSR count). The molecule has 0 spiro atoms. The molecule has 1 N–H and O–H groups in total. The van der Waals surface area contributed by atoms with E-state index in [-0.39, 0.29) is 5.78 Å². The lowest BCUT2D eigenvalue weighted by Gasteiger charge is -1.97. The number of imidazole rings is 1. The molecule has 0 aliphatic carbocycles. The monoisotopic (exact) mass is 252 g/mol. The van der Waals surface area contributed by atoms with E-state index in [9.17, 15) is 4.79 Å². The summed E-state index contributed by atoms with van der Waals surface area (Å²) in [6.45, 7) is 0. The molecule has 2 heterocycles. The first kappa shape index (κ1) is 11.4. The average molecular weight is 252 g/mol. The van der Waals surface area contributed by atoms with Gasteiger partial charge in [0.25, 0.3) is 0 Å². The Morgan fingerprint density at radius 3 is 3.19 bits per heavy atom. The van der Waals surface area contributed by atoms with Crippen LogP contribution in [0.4, 0.5) is 0 Å². The zero-order valence-electron chi connectivity index (χ0n) is 8.68. The number of hydrogen-bond donors (Lipinski definition) is 1. The quantitative estimate of drug-likeness (QED) is 0.488. The average Bonchev–Trinajstić information content (AvgIpc) is 2.96. The van der Waals surface area contributed by atoms with E-state index in [0.717, 1.165) is 22.2 Å². The minimum Gasteiger partial charge on any atom is -0.340 e. The van der Waals surface area contributed by atoms with Crippen molar-refractivity contribution in [2.45, 2.75) is 18.0 Å². The van der Waals surface area contributed by atoms with Gasteiger partial charge in [0.05, 0.1) is 4.88 Å². The van der Waals surface area contributed by atoms with Gasteiger partial charge in [-0.05, 0) is 17.9 Å². The van der Waals surface area contributed by atoms with Crippen molar-refractivity contribution in [3.05, 3.63) is 34.8 Å². The lowest BCUT2D eigenvalue weighted by molar-refractivity contribution is 0.0986. The number of aromatic nitrogens is 2. The molecule has 0 saturated carbocycles. The van der Waals surface area contributed by atoms with Crippen LogP contribution in [0, 0.1) is 0 Å². The molecule has 0 aliphatic heterocycles. The van der Waals surface area contributed by atoms with Gasteiger partial charge < -0.3 is 4.98 Å². The standard InChI is InChI=1S/C11H12N2OS2/c14-9(10-4-2-7-15-10)3-1-8-16-11-12-5-6-13-11/h2,4-7H,1,3,8H2,(H,12,13). The molecule has 2 aromatic heterocycles. The highest BCUT2D eigenvalue weighted by Gasteiger charge is 2.06. The van der Waals surface area contributed by atoms with Crippen molar-refractivity contribution in [2.75, 3.05) is 5.75 Å². The molecular weight excluding hydrogens is 240 g/mol. The number of hydrogen-bond acceptors (Lipinski definition) is 4. The summed E-state index contributed by atoms with van der Waals surface area (Å²) in [6.07, 6.45) is 5.05. The summed E-state index contributed by atoms with van der Waals surface area (Å²) in [5.41, 5.74) is 0. The van der Waals surface area contributed by atoms with Gasteiger partial charge >= 0.3 is 0 Å². The predicted molar refractivity (Wildman–Crippen MR) is 67.2 cm³/mol. The number of rotatable bonds is 6. The number of nitrogens with one attached hydrogen (secondary N) is 1. The van der Waals surface area contributed by atoms with Gasteiger partial charge in [0.15, 0.2) is 10.9 Å². The van der Waals surface area contributed by atoms with E-state index < -0.39 is 0 Å². The van der Waals surface area contributed by atoms with E-state index >= 15 is 0 Å². The summed E-state index contributed by atoms with van der Waals surface area (Å²) in [7, 11) is 0. The highest BCUT2D eigenvalue weighted by molar-refractivity contribution is 7.99. The summed E-state index contributed by atoms with van der Waals surface area (Å²) in [4.78, 5) is 19.6. The van der Waals surface area contributed by atoms with Crippen LogP contribution in [-0.4, -0.2) is 21.5 Å². The third kappa shape index (κ3) is 3.21. The molecule has 0 saturated heterocycles. The Balaban J connectivity index is 1.67. The van der Waals surface area contributed by atoms with Gasteiger partial charge in [0, 0.05) is 24.6 Å². The Morgan fingerprint density at radius 2 is 2.50 bits per heavy atom. The second-order valence-electron chi connectivity index (χ2n) is 3.25. The Labute approximate surface area is 102 Å². The fraction of sp³-hybridized carbons (Fsp3) is 0.273. The summed E-state index contributed by atoms with van der Waals surface area (Å²) in [5.74, 6) is 1.17. The first-order chi connectivity index (χ1) is 7.86. The zero-order chi connectivity index (χ0) is 11.2. The highest BCUT2D eigenvalue weighted by Crippen LogP contribution is 2.16. The van der Waals surface area contributed by atoms with Crippen molar-refractivity contribution in [3.63, 3.8) is 0 Å². The van der Waals surface area contributed by atoms with Crippen LogP contribution in [0.3, 0.4) is 0 Å². The number of carbonyl (C=O) groups excluding carboxylic acids is 1. The Hall–Kier alpha value is -1.07. The largest absolute Gasteiger partial charge is 0.340 e. The van der Waals surface area contributed by atoms with Crippen LogP contribution in [0.5, 0.6) is 0 Å². The number of thiophene rings is 1. The molecule has 0 amide bonds. The molecule has 3 nitrogen and oxygen atoms in total. The van der Waals surface area contributed by atoms with Crippen LogP contribution in [0.25, 0.3) is 0 Å². The summed E-state index contributed by atoms with van der Waals surface area (Å²) >= 11 is 3.16. The minimum atomic E-state index is 0.245. The van der Waals surface area contributed by atoms with Gasteiger partial charge in [0.2, 0.25) is 0 Å². The topological polar surface area (TPSA) is 45.8 Å². The van der Waals surface area contributed by atoms with Gasteiger partial charge in [-0.2, -0.15) is 0 Å². The van der Waals surface area contributed by atoms with Gasteiger partial charge in [0.1, 0.15) is 0 Å². The van der Waals surface area contributed by atoms with E-state index in [1.165, 1.54) is 11.3 Å². The van der Waals surface area contributed by atoms with Gasteiger partial charge in [-0.15, -0.1) is 11.3 Å². The zero-order valence-corrected chi connectivity index (χ0v) is 10.3. The molecule has 84 valence electrons. The van der Waals surface area contributed by atoms with Crippen LogP contribution in [0.2, 0.25) is 0 Å². The Morgan fingerprint density at radius 1 is 1.56 bits per heavy atom. The normalized spacial score (nSPS) is 10.5. The van der Waals surface area contributed by atoms with Crippen molar-refractivity contribution in [3.8, 4) is 0 Å². The van der Waals surface area contributed by atoms with Crippen molar-refractivity contribution in [1.29, 1.82) is 0 Å². The number of H-pyrrole nitrogens is 1.